The number of carbonyl (C=O) groups is 2. The van der Waals surface area contributed by atoms with Crippen molar-refractivity contribution in [2.24, 2.45) is 0 Å². The molecule has 0 aliphatic rings. The highest BCUT2D eigenvalue weighted by Crippen LogP contribution is 2.25. The Labute approximate surface area is 104 Å². The van der Waals surface area contributed by atoms with Crippen molar-refractivity contribution in [1.29, 1.82) is 0 Å². The van der Waals surface area contributed by atoms with Gasteiger partial charge in [-0.25, -0.2) is 9.59 Å². The molecule has 0 saturated heterocycles. The first-order valence-corrected chi connectivity index (χ1v) is 5.45. The number of aromatic nitrogens is 1. The van der Waals surface area contributed by atoms with Crippen LogP contribution in [0.3, 0.4) is 0 Å². The van der Waals surface area contributed by atoms with E-state index in [0.29, 0.717) is 0 Å². The molecule has 1 aromatic rings. The first kappa shape index (κ1) is 13.9. The van der Waals surface area contributed by atoms with Gasteiger partial charge in [0, 0.05) is 0 Å². The van der Waals surface area contributed by atoms with Crippen LogP contribution >= 0.6 is 0 Å². The predicted molar refractivity (Wildman–Crippen MR) is 63.0 cm³/mol. The summed E-state index contributed by atoms with van der Waals surface area (Å²) in [5.41, 5.74) is -0.118. The maximum absolute atomic E-state index is 11.8. The molecule has 0 aromatic carbocycles. The quantitative estimate of drug-likeness (QED) is 0.611. The second-order valence-electron chi connectivity index (χ2n) is 3.27. The van der Waals surface area contributed by atoms with E-state index in [1.165, 1.54) is 13.3 Å². The van der Waals surface area contributed by atoms with Crippen molar-refractivity contribution in [3.05, 3.63) is 17.5 Å². The smallest absolute Gasteiger partial charge is 0.357 e. The normalized spacial score (nSPS) is 9.94. The first-order chi connectivity index (χ1) is 8.56. The standard InChI is InChI=1S/C11H16N2O5/c1-4-17-10(14)8-7(16-3)6-13(12)9(8)11(15)18-5-2/h6H,4-5,12H2,1-3H3. The molecule has 0 radical (unpaired) electrons. The van der Waals surface area contributed by atoms with Crippen molar-refractivity contribution >= 4 is 11.9 Å². The number of ether oxygens (including phenoxy) is 3. The summed E-state index contributed by atoms with van der Waals surface area (Å²) in [6.07, 6.45) is 1.32. The summed E-state index contributed by atoms with van der Waals surface area (Å²) in [5, 5.41) is 0. The number of carbonyl (C=O) groups excluding carboxylic acids is 2. The molecule has 0 atom stereocenters. The van der Waals surface area contributed by atoms with Crippen LogP contribution in [0.25, 0.3) is 0 Å². The molecule has 1 rings (SSSR count). The average molecular weight is 256 g/mol. The molecule has 0 bridgehead atoms. The molecule has 18 heavy (non-hydrogen) atoms. The highest BCUT2D eigenvalue weighted by atomic mass is 16.5. The fraction of sp³-hybridized carbons (Fsp3) is 0.455. The Morgan fingerprint density at radius 3 is 2.28 bits per heavy atom. The zero-order valence-electron chi connectivity index (χ0n) is 10.6. The number of rotatable bonds is 5. The van der Waals surface area contributed by atoms with Gasteiger partial charge in [-0.3, -0.25) is 4.68 Å². The highest BCUT2D eigenvalue weighted by molar-refractivity contribution is 6.04. The molecule has 0 fully saturated rings. The lowest BCUT2D eigenvalue weighted by molar-refractivity contribution is 0.0470. The van der Waals surface area contributed by atoms with Gasteiger partial charge < -0.3 is 20.1 Å². The Morgan fingerprint density at radius 2 is 1.78 bits per heavy atom. The van der Waals surface area contributed by atoms with Crippen LogP contribution in [0.15, 0.2) is 6.20 Å². The largest absolute Gasteiger partial charge is 0.494 e. The number of nitrogens with two attached hydrogens (primary N) is 1. The van der Waals surface area contributed by atoms with Crippen molar-refractivity contribution in [2.75, 3.05) is 26.2 Å². The van der Waals surface area contributed by atoms with Crippen LogP contribution in [0.1, 0.15) is 34.7 Å². The zero-order valence-corrected chi connectivity index (χ0v) is 10.6. The van der Waals surface area contributed by atoms with Gasteiger partial charge >= 0.3 is 11.9 Å². The van der Waals surface area contributed by atoms with Gasteiger partial charge in [0.05, 0.1) is 26.5 Å². The van der Waals surface area contributed by atoms with Gasteiger partial charge in [-0.15, -0.1) is 0 Å². The minimum Gasteiger partial charge on any atom is -0.494 e. The first-order valence-electron chi connectivity index (χ1n) is 5.45. The van der Waals surface area contributed by atoms with Crippen molar-refractivity contribution < 1.29 is 23.8 Å². The lowest BCUT2D eigenvalue weighted by Gasteiger charge is -2.06. The number of nitrogens with zero attached hydrogens (tertiary/aromatic N) is 1. The average Bonchev–Trinajstić information content (AvgIpc) is 2.66. The minimum absolute atomic E-state index is 0.0275. The van der Waals surface area contributed by atoms with E-state index in [0.717, 1.165) is 4.68 Å². The van der Waals surface area contributed by atoms with E-state index in [2.05, 4.69) is 0 Å². The van der Waals surface area contributed by atoms with Gasteiger partial charge in [-0.2, -0.15) is 0 Å². The predicted octanol–water partition coefficient (Wildman–Crippen LogP) is 0.564. The van der Waals surface area contributed by atoms with E-state index in [9.17, 15) is 9.59 Å². The van der Waals surface area contributed by atoms with Crippen LogP contribution < -0.4 is 10.6 Å². The van der Waals surface area contributed by atoms with E-state index < -0.39 is 11.9 Å². The maximum Gasteiger partial charge on any atom is 0.357 e. The summed E-state index contributed by atoms with van der Waals surface area (Å²) in [6, 6.07) is 0. The van der Waals surface area contributed by atoms with Gasteiger partial charge in [0.15, 0.2) is 11.4 Å². The number of methoxy groups -OCH3 is 1. The Hall–Kier alpha value is -2.18. The van der Waals surface area contributed by atoms with Crippen LogP contribution in [0.5, 0.6) is 5.75 Å². The summed E-state index contributed by atoms with van der Waals surface area (Å²) in [7, 11) is 1.37. The molecule has 0 saturated carbocycles. The third-order valence-electron chi connectivity index (χ3n) is 2.17. The van der Waals surface area contributed by atoms with Crippen LogP contribution in [0.4, 0.5) is 0 Å². The third kappa shape index (κ3) is 2.55. The SMILES string of the molecule is CCOC(=O)c1c(OC)cn(N)c1C(=O)OCC. The molecule has 100 valence electrons. The van der Waals surface area contributed by atoms with E-state index in [-0.39, 0.29) is 30.2 Å². The van der Waals surface area contributed by atoms with Crippen LogP contribution in [-0.2, 0) is 9.47 Å². The Bertz CT molecular complexity index is 453. The maximum atomic E-state index is 11.8. The number of nitrogen functional groups attached to an aromatic ring is 1. The second-order valence-corrected chi connectivity index (χ2v) is 3.27. The molecule has 7 nitrogen and oxygen atoms in total. The molecule has 0 spiro atoms. The molecule has 7 heteroatoms. The number of hydrogen-bond donors (Lipinski definition) is 1. The molecular weight excluding hydrogens is 240 g/mol. The van der Waals surface area contributed by atoms with Crippen LogP contribution in [-0.4, -0.2) is 36.9 Å². The molecule has 1 heterocycles. The van der Waals surface area contributed by atoms with E-state index in [1.54, 1.807) is 13.8 Å². The van der Waals surface area contributed by atoms with Crippen molar-refractivity contribution in [2.45, 2.75) is 13.8 Å². The van der Waals surface area contributed by atoms with Crippen molar-refractivity contribution in [1.82, 2.24) is 4.68 Å². The van der Waals surface area contributed by atoms with E-state index in [1.807, 2.05) is 0 Å². The van der Waals surface area contributed by atoms with Gasteiger partial charge in [-0.05, 0) is 13.8 Å². The lowest BCUT2D eigenvalue weighted by atomic mass is 10.2. The molecular formula is C11H16N2O5. The van der Waals surface area contributed by atoms with Gasteiger partial charge in [0.2, 0.25) is 0 Å². The fourth-order valence-corrected chi connectivity index (χ4v) is 1.46. The fourth-order valence-electron chi connectivity index (χ4n) is 1.46. The van der Waals surface area contributed by atoms with Crippen molar-refractivity contribution in [3.63, 3.8) is 0 Å². The Kier molecular flexibility index (Phi) is 4.59. The Balaban J connectivity index is 3.26. The minimum atomic E-state index is -0.702. The van der Waals surface area contributed by atoms with Crippen molar-refractivity contribution in [3.8, 4) is 5.75 Å². The summed E-state index contributed by atoms with van der Waals surface area (Å²) < 4.78 is 15.7. The molecule has 0 amide bonds. The molecule has 0 aliphatic carbocycles. The molecule has 1 aromatic heterocycles. The summed E-state index contributed by atoms with van der Waals surface area (Å²) in [4.78, 5) is 23.5. The van der Waals surface area contributed by atoms with E-state index >= 15 is 0 Å². The highest BCUT2D eigenvalue weighted by Gasteiger charge is 2.28. The monoisotopic (exact) mass is 256 g/mol. The molecule has 0 unspecified atom stereocenters. The topological polar surface area (TPSA) is 92.8 Å². The number of esters is 2. The Morgan fingerprint density at radius 1 is 1.22 bits per heavy atom. The second kappa shape index (κ2) is 5.95. The summed E-state index contributed by atoms with van der Waals surface area (Å²) in [6.45, 7) is 3.67. The van der Waals surface area contributed by atoms with E-state index in [4.69, 9.17) is 20.1 Å². The van der Waals surface area contributed by atoms with Crippen LogP contribution in [0, 0.1) is 0 Å². The summed E-state index contributed by atoms with van der Waals surface area (Å²) >= 11 is 0. The van der Waals surface area contributed by atoms with Crippen LogP contribution in [0.2, 0.25) is 0 Å². The number of hydrogen-bond acceptors (Lipinski definition) is 6. The summed E-state index contributed by atoms with van der Waals surface area (Å²) in [5.74, 6) is 4.40. The van der Waals surface area contributed by atoms with Gasteiger partial charge in [-0.1, -0.05) is 0 Å². The molecule has 0 aliphatic heterocycles. The van der Waals surface area contributed by atoms with Gasteiger partial charge in [0.25, 0.3) is 0 Å². The lowest BCUT2D eigenvalue weighted by Crippen LogP contribution is -2.21. The van der Waals surface area contributed by atoms with Gasteiger partial charge in [0.1, 0.15) is 5.56 Å². The molecule has 2 N–H and O–H groups in total. The zero-order chi connectivity index (χ0) is 13.7. The third-order valence-corrected chi connectivity index (χ3v) is 2.17.